The molecule has 1 heterocycles. The number of para-hydroxylation sites is 1. The number of rotatable bonds is 6. The first-order valence-corrected chi connectivity index (χ1v) is 8.48. The van der Waals surface area contributed by atoms with Gasteiger partial charge in [-0.3, -0.25) is 34.2 Å². The van der Waals surface area contributed by atoms with E-state index in [-0.39, 0.29) is 16.8 Å². The number of imide groups is 1. The molecule has 1 N–H and O–H groups in total. The zero-order valence-corrected chi connectivity index (χ0v) is 15.2. The number of esters is 1. The summed E-state index contributed by atoms with van der Waals surface area (Å²) < 4.78 is 5.00. The molecule has 1 aliphatic rings. The number of nitrogens with zero attached hydrogens (tertiary/aromatic N) is 2. The smallest absolute Gasteiger partial charge is 0.326 e. The van der Waals surface area contributed by atoms with E-state index in [1.54, 1.807) is 30.3 Å². The van der Waals surface area contributed by atoms with Crippen LogP contribution in [0.5, 0.6) is 0 Å². The molecular weight excluding hydrogens is 382 g/mol. The Morgan fingerprint density at radius 2 is 1.76 bits per heavy atom. The highest BCUT2D eigenvalue weighted by atomic mass is 16.6. The molecule has 3 rings (SSSR count). The number of carbonyl (C=O) groups is 4. The average molecular weight is 397 g/mol. The van der Waals surface area contributed by atoms with Gasteiger partial charge in [-0.2, -0.15) is 0 Å². The van der Waals surface area contributed by atoms with E-state index < -0.39 is 41.3 Å². The van der Waals surface area contributed by atoms with Crippen LogP contribution in [-0.2, 0) is 14.3 Å². The van der Waals surface area contributed by atoms with Gasteiger partial charge in [0.05, 0.1) is 16.1 Å². The first-order valence-electron chi connectivity index (χ1n) is 8.48. The molecule has 1 atom stereocenters. The number of benzene rings is 2. The van der Waals surface area contributed by atoms with Gasteiger partial charge in [-0.05, 0) is 25.1 Å². The van der Waals surface area contributed by atoms with E-state index in [4.69, 9.17) is 4.74 Å². The fourth-order valence-corrected chi connectivity index (χ4v) is 2.72. The molecule has 10 nitrogen and oxygen atoms in total. The van der Waals surface area contributed by atoms with Crippen molar-refractivity contribution in [2.45, 2.75) is 13.0 Å². The maximum atomic E-state index is 12.4. The predicted molar refractivity (Wildman–Crippen MR) is 99.1 cm³/mol. The first-order chi connectivity index (χ1) is 13.8. The molecule has 0 unspecified atom stereocenters. The molecule has 0 aliphatic carbocycles. The maximum Gasteiger partial charge on any atom is 0.326 e. The topological polar surface area (TPSA) is 136 Å². The molecule has 0 saturated heterocycles. The van der Waals surface area contributed by atoms with Gasteiger partial charge in [-0.25, -0.2) is 0 Å². The van der Waals surface area contributed by atoms with Gasteiger partial charge in [0.1, 0.15) is 6.54 Å². The van der Waals surface area contributed by atoms with Gasteiger partial charge in [0.2, 0.25) is 0 Å². The highest BCUT2D eigenvalue weighted by molar-refractivity contribution is 6.22. The van der Waals surface area contributed by atoms with Crippen LogP contribution in [0.15, 0.2) is 48.5 Å². The number of amides is 3. The van der Waals surface area contributed by atoms with Crippen molar-refractivity contribution in [3.63, 3.8) is 0 Å². The summed E-state index contributed by atoms with van der Waals surface area (Å²) in [6, 6.07) is 11.8. The Morgan fingerprint density at radius 3 is 2.41 bits per heavy atom. The highest BCUT2D eigenvalue weighted by Crippen LogP contribution is 2.26. The fraction of sp³-hybridized carbons (Fsp3) is 0.158. The normalized spacial score (nSPS) is 13.6. The quantitative estimate of drug-likeness (QED) is 0.339. The van der Waals surface area contributed by atoms with Crippen molar-refractivity contribution >= 4 is 35.1 Å². The van der Waals surface area contributed by atoms with E-state index in [1.807, 2.05) is 0 Å². The Hall–Kier alpha value is -4.08. The summed E-state index contributed by atoms with van der Waals surface area (Å²) >= 11 is 0. The van der Waals surface area contributed by atoms with Crippen LogP contribution < -0.4 is 5.32 Å². The average Bonchev–Trinajstić information content (AvgIpc) is 2.93. The Bertz CT molecular complexity index is 1020. The summed E-state index contributed by atoms with van der Waals surface area (Å²) in [6.07, 6.45) is -1.17. The van der Waals surface area contributed by atoms with Crippen molar-refractivity contribution in [2.24, 2.45) is 0 Å². The summed E-state index contributed by atoms with van der Waals surface area (Å²) in [6.45, 7) is 0.630. The van der Waals surface area contributed by atoms with Gasteiger partial charge in [0.15, 0.2) is 6.10 Å². The zero-order valence-electron chi connectivity index (χ0n) is 15.2. The van der Waals surface area contributed by atoms with Crippen LogP contribution in [0.2, 0.25) is 0 Å². The molecule has 3 amide bonds. The van der Waals surface area contributed by atoms with Crippen molar-refractivity contribution in [2.75, 3.05) is 11.9 Å². The summed E-state index contributed by atoms with van der Waals surface area (Å²) in [7, 11) is 0. The first kappa shape index (κ1) is 19.7. The Balaban J connectivity index is 1.63. The minimum absolute atomic E-state index is 0.0386. The van der Waals surface area contributed by atoms with E-state index in [1.165, 1.54) is 6.92 Å². The van der Waals surface area contributed by atoms with Crippen molar-refractivity contribution in [3.8, 4) is 0 Å². The molecule has 1 aliphatic heterocycles. The van der Waals surface area contributed by atoms with E-state index >= 15 is 0 Å². The molecule has 0 aromatic heterocycles. The predicted octanol–water partition coefficient (Wildman–Crippen LogP) is 1.76. The second-order valence-electron chi connectivity index (χ2n) is 6.17. The monoisotopic (exact) mass is 397 g/mol. The molecule has 2 aromatic carbocycles. The van der Waals surface area contributed by atoms with Gasteiger partial charge in [-0.15, -0.1) is 0 Å². The number of nitrogens with one attached hydrogen (secondary N) is 1. The molecule has 0 bridgehead atoms. The summed E-state index contributed by atoms with van der Waals surface area (Å²) in [5.41, 5.74) is -0.0296. The molecule has 0 radical (unpaired) electrons. The maximum absolute atomic E-state index is 12.4. The van der Waals surface area contributed by atoms with E-state index in [0.717, 1.165) is 18.2 Å². The summed E-state index contributed by atoms with van der Waals surface area (Å²) in [4.78, 5) is 59.7. The number of carbonyl (C=O) groups excluding carboxylic acids is 4. The fourth-order valence-electron chi connectivity index (χ4n) is 2.72. The Kier molecular flexibility index (Phi) is 5.35. The van der Waals surface area contributed by atoms with Gasteiger partial charge >= 0.3 is 5.97 Å². The van der Waals surface area contributed by atoms with Crippen LogP contribution in [-0.4, -0.2) is 46.2 Å². The zero-order chi connectivity index (χ0) is 21.1. The van der Waals surface area contributed by atoms with Crippen molar-refractivity contribution in [1.82, 2.24) is 4.90 Å². The molecular formula is C19H15N3O7. The molecule has 0 saturated carbocycles. The van der Waals surface area contributed by atoms with Crippen LogP contribution in [0.25, 0.3) is 0 Å². The van der Waals surface area contributed by atoms with Gasteiger partial charge in [0.25, 0.3) is 23.4 Å². The Labute approximate surface area is 164 Å². The number of fused-ring (bicyclic) bond motifs is 1. The minimum Gasteiger partial charge on any atom is -0.451 e. The SMILES string of the molecule is C[C@@H](OC(=O)CN1C(=O)c2ccc([N+](=O)[O-])cc2C1=O)C(=O)Nc1ccccc1. The second kappa shape index (κ2) is 7.89. The third kappa shape index (κ3) is 4.10. The number of nitro groups is 1. The number of hydrogen-bond acceptors (Lipinski definition) is 7. The van der Waals surface area contributed by atoms with Crippen LogP contribution in [0.1, 0.15) is 27.6 Å². The standard InChI is InChI=1S/C19H15N3O7/c1-11(17(24)20-12-5-3-2-4-6-12)29-16(23)10-21-18(25)14-8-7-13(22(27)28)9-15(14)19(21)26/h2-9,11H,10H2,1H3,(H,20,24)/t11-/m1/s1. The lowest BCUT2D eigenvalue weighted by Gasteiger charge is -2.16. The van der Waals surface area contributed by atoms with Crippen LogP contribution in [0.3, 0.4) is 0 Å². The molecule has 10 heteroatoms. The largest absolute Gasteiger partial charge is 0.451 e. The number of hydrogen-bond donors (Lipinski definition) is 1. The van der Waals surface area contributed by atoms with Crippen LogP contribution >= 0.6 is 0 Å². The Morgan fingerprint density at radius 1 is 1.10 bits per heavy atom. The highest BCUT2D eigenvalue weighted by Gasteiger charge is 2.38. The van der Waals surface area contributed by atoms with E-state index in [0.29, 0.717) is 10.6 Å². The lowest BCUT2D eigenvalue weighted by molar-refractivity contribution is -0.384. The third-order valence-electron chi connectivity index (χ3n) is 4.17. The lowest BCUT2D eigenvalue weighted by Crippen LogP contribution is -2.38. The van der Waals surface area contributed by atoms with Crippen LogP contribution in [0, 0.1) is 10.1 Å². The van der Waals surface area contributed by atoms with Gasteiger partial charge < -0.3 is 10.1 Å². The van der Waals surface area contributed by atoms with Crippen LogP contribution in [0.4, 0.5) is 11.4 Å². The van der Waals surface area contributed by atoms with Crippen molar-refractivity contribution in [3.05, 3.63) is 69.8 Å². The molecule has 2 aromatic rings. The van der Waals surface area contributed by atoms with E-state index in [2.05, 4.69) is 5.32 Å². The molecule has 29 heavy (non-hydrogen) atoms. The number of ether oxygens (including phenoxy) is 1. The van der Waals surface area contributed by atoms with E-state index in [9.17, 15) is 29.3 Å². The van der Waals surface area contributed by atoms with Crippen molar-refractivity contribution in [1.29, 1.82) is 0 Å². The van der Waals surface area contributed by atoms with Gasteiger partial charge in [0, 0.05) is 17.8 Å². The molecule has 0 fully saturated rings. The number of nitro benzene ring substituents is 1. The second-order valence-corrected chi connectivity index (χ2v) is 6.17. The minimum atomic E-state index is -1.17. The number of non-ortho nitro benzene ring substituents is 1. The lowest BCUT2D eigenvalue weighted by atomic mass is 10.1. The third-order valence-corrected chi connectivity index (χ3v) is 4.17. The number of anilines is 1. The summed E-state index contributed by atoms with van der Waals surface area (Å²) in [5, 5.41) is 13.4. The van der Waals surface area contributed by atoms with Gasteiger partial charge in [-0.1, -0.05) is 18.2 Å². The molecule has 0 spiro atoms. The summed E-state index contributed by atoms with van der Waals surface area (Å²) in [5.74, 6) is -3.16. The van der Waals surface area contributed by atoms with Crippen molar-refractivity contribution < 1.29 is 28.8 Å². The molecule has 148 valence electrons.